The molecule has 3 aromatic heterocycles. The van der Waals surface area contributed by atoms with Crippen molar-refractivity contribution in [3.63, 3.8) is 0 Å². The first-order chi connectivity index (χ1) is 15.3. The van der Waals surface area contributed by atoms with Crippen LogP contribution in [-0.4, -0.2) is 40.4 Å². The third kappa shape index (κ3) is 5.02. The van der Waals surface area contributed by atoms with Crippen LogP contribution < -0.4 is 0 Å². The van der Waals surface area contributed by atoms with E-state index in [2.05, 4.69) is 52.7 Å². The summed E-state index contributed by atoms with van der Waals surface area (Å²) >= 11 is 0. The molecule has 0 saturated heterocycles. The molecule has 0 aliphatic heterocycles. The zero-order valence-corrected chi connectivity index (χ0v) is 18.1. The summed E-state index contributed by atoms with van der Waals surface area (Å²) in [6, 6.07) is 12.2. The molecule has 8 nitrogen and oxygen atoms in total. The molecule has 0 bridgehead atoms. The number of tetrazole rings is 1. The Labute approximate surface area is 182 Å². The Morgan fingerprint density at radius 1 is 0.935 bits per heavy atom. The minimum atomic E-state index is 0.631. The first-order valence-electron chi connectivity index (χ1n) is 11.0. The predicted molar refractivity (Wildman–Crippen MR) is 119 cm³/mol. The highest BCUT2D eigenvalue weighted by atomic mass is 15.5. The highest BCUT2D eigenvalue weighted by Crippen LogP contribution is 2.29. The number of hydrogen-bond donors (Lipinski definition) is 1. The Hall–Kier alpha value is -3.42. The summed E-state index contributed by atoms with van der Waals surface area (Å²) in [4.78, 5) is 9.49. The van der Waals surface area contributed by atoms with E-state index in [0.29, 0.717) is 12.4 Å². The largest absolute Gasteiger partial charge is 0.259 e. The Kier molecular flexibility index (Phi) is 6.76. The van der Waals surface area contributed by atoms with Crippen molar-refractivity contribution >= 4 is 0 Å². The highest BCUT2D eigenvalue weighted by molar-refractivity contribution is 5.79. The van der Waals surface area contributed by atoms with Gasteiger partial charge >= 0.3 is 0 Å². The van der Waals surface area contributed by atoms with E-state index in [0.717, 1.165) is 59.7 Å². The Morgan fingerprint density at radius 3 is 2.52 bits per heavy atom. The highest BCUT2D eigenvalue weighted by Gasteiger charge is 2.13. The molecule has 1 N–H and O–H groups in total. The standard InChI is InChI=1S/C23H28N8/c1-3-5-6-12-22-25-21(9-4-2)28-31(22)16-18-14-13-17(15-24-18)19-10-7-8-11-20(19)23-26-29-30-27-23/h7-8,10-11,13-15H,3-6,9,12,16H2,1-2H3,(H,26,27,29,30). The SMILES string of the molecule is CCCCCc1nc(CCC)nn1Cc1ccc(-c2ccccc2-c2nnn[nH]2)cn1. The summed E-state index contributed by atoms with van der Waals surface area (Å²) in [5.41, 5.74) is 3.96. The summed E-state index contributed by atoms with van der Waals surface area (Å²) in [7, 11) is 0. The number of aryl methyl sites for hydroxylation is 2. The average Bonchev–Trinajstić information content (AvgIpc) is 3.46. The lowest BCUT2D eigenvalue weighted by Crippen LogP contribution is -2.08. The summed E-state index contributed by atoms with van der Waals surface area (Å²) in [6.07, 6.45) is 8.37. The zero-order chi connectivity index (χ0) is 21.5. The normalized spacial score (nSPS) is 11.2. The molecule has 8 heteroatoms. The first kappa shape index (κ1) is 20.8. The van der Waals surface area contributed by atoms with Gasteiger partial charge in [0.2, 0.25) is 0 Å². The Balaban J connectivity index is 1.55. The van der Waals surface area contributed by atoms with Gasteiger partial charge in [-0.05, 0) is 34.9 Å². The zero-order valence-electron chi connectivity index (χ0n) is 18.1. The van der Waals surface area contributed by atoms with Crippen LogP contribution in [0.5, 0.6) is 0 Å². The van der Waals surface area contributed by atoms with Gasteiger partial charge in [-0.25, -0.2) is 14.8 Å². The van der Waals surface area contributed by atoms with E-state index in [4.69, 9.17) is 15.1 Å². The molecule has 0 radical (unpaired) electrons. The van der Waals surface area contributed by atoms with Gasteiger partial charge in [0.05, 0.1) is 12.2 Å². The lowest BCUT2D eigenvalue weighted by molar-refractivity contribution is 0.597. The van der Waals surface area contributed by atoms with Crippen molar-refractivity contribution in [1.82, 2.24) is 40.4 Å². The first-order valence-corrected chi connectivity index (χ1v) is 11.0. The number of aromatic amines is 1. The van der Waals surface area contributed by atoms with E-state index in [-0.39, 0.29) is 0 Å². The molecule has 0 fully saturated rings. The number of aromatic nitrogens is 8. The minimum Gasteiger partial charge on any atom is -0.259 e. The fraction of sp³-hybridized carbons (Fsp3) is 0.391. The molecule has 3 heterocycles. The number of nitrogens with zero attached hydrogens (tertiary/aromatic N) is 7. The van der Waals surface area contributed by atoms with Crippen molar-refractivity contribution in [3.05, 3.63) is 59.9 Å². The molecular weight excluding hydrogens is 388 g/mol. The summed E-state index contributed by atoms with van der Waals surface area (Å²) < 4.78 is 2.02. The van der Waals surface area contributed by atoms with Crippen molar-refractivity contribution in [3.8, 4) is 22.5 Å². The molecule has 0 amide bonds. The maximum absolute atomic E-state index is 4.77. The maximum Gasteiger partial charge on any atom is 0.180 e. The van der Waals surface area contributed by atoms with Gasteiger partial charge in [-0.15, -0.1) is 5.10 Å². The molecule has 160 valence electrons. The number of unbranched alkanes of at least 4 members (excludes halogenated alkanes) is 2. The lowest BCUT2D eigenvalue weighted by atomic mass is 10.0. The van der Waals surface area contributed by atoms with Gasteiger partial charge in [0.25, 0.3) is 0 Å². The number of H-pyrrole nitrogens is 1. The number of hydrogen-bond acceptors (Lipinski definition) is 6. The summed E-state index contributed by atoms with van der Waals surface area (Å²) in [6.45, 7) is 5.01. The van der Waals surface area contributed by atoms with Crippen LogP contribution in [0.3, 0.4) is 0 Å². The smallest absolute Gasteiger partial charge is 0.180 e. The Bertz CT molecular complexity index is 1080. The second-order valence-corrected chi connectivity index (χ2v) is 7.64. The molecular formula is C23H28N8. The second kappa shape index (κ2) is 10.1. The number of rotatable bonds is 10. The molecule has 1 aromatic carbocycles. The van der Waals surface area contributed by atoms with Gasteiger partial charge in [-0.3, -0.25) is 4.98 Å². The van der Waals surface area contributed by atoms with Gasteiger partial charge in [0.1, 0.15) is 5.82 Å². The van der Waals surface area contributed by atoms with E-state index in [1.165, 1.54) is 12.8 Å². The monoisotopic (exact) mass is 416 g/mol. The number of benzene rings is 1. The van der Waals surface area contributed by atoms with Crippen LogP contribution in [0.4, 0.5) is 0 Å². The predicted octanol–water partition coefficient (Wildman–Crippen LogP) is 4.25. The van der Waals surface area contributed by atoms with Gasteiger partial charge < -0.3 is 0 Å². The van der Waals surface area contributed by atoms with Crippen LogP contribution in [0, 0.1) is 0 Å². The minimum absolute atomic E-state index is 0.631. The molecule has 0 saturated carbocycles. The summed E-state index contributed by atoms with van der Waals surface area (Å²) in [5, 5.41) is 19.0. The van der Waals surface area contributed by atoms with Crippen LogP contribution in [0.25, 0.3) is 22.5 Å². The maximum atomic E-state index is 4.77. The Morgan fingerprint density at radius 2 is 1.81 bits per heavy atom. The molecule has 0 aliphatic rings. The third-order valence-corrected chi connectivity index (χ3v) is 5.24. The van der Waals surface area contributed by atoms with Crippen LogP contribution >= 0.6 is 0 Å². The van der Waals surface area contributed by atoms with Gasteiger partial charge in [0.15, 0.2) is 11.6 Å². The molecule has 0 atom stereocenters. The average molecular weight is 417 g/mol. The molecule has 0 spiro atoms. The number of nitrogens with one attached hydrogen (secondary N) is 1. The molecule has 0 aliphatic carbocycles. The summed E-state index contributed by atoms with van der Waals surface area (Å²) in [5.74, 6) is 2.63. The van der Waals surface area contributed by atoms with Crippen molar-refractivity contribution < 1.29 is 0 Å². The lowest BCUT2D eigenvalue weighted by Gasteiger charge is -2.09. The van der Waals surface area contributed by atoms with Crippen molar-refractivity contribution in [2.75, 3.05) is 0 Å². The molecule has 4 rings (SSSR count). The van der Waals surface area contributed by atoms with Crippen LogP contribution in [-0.2, 0) is 19.4 Å². The van der Waals surface area contributed by atoms with E-state index >= 15 is 0 Å². The van der Waals surface area contributed by atoms with Gasteiger partial charge in [-0.2, -0.15) is 5.10 Å². The fourth-order valence-corrected chi connectivity index (χ4v) is 3.65. The molecule has 31 heavy (non-hydrogen) atoms. The quantitative estimate of drug-likeness (QED) is 0.388. The van der Waals surface area contributed by atoms with Gasteiger partial charge in [0, 0.05) is 30.2 Å². The van der Waals surface area contributed by atoms with Crippen molar-refractivity contribution in [1.29, 1.82) is 0 Å². The molecule has 0 unspecified atom stereocenters. The third-order valence-electron chi connectivity index (χ3n) is 5.24. The van der Waals surface area contributed by atoms with E-state index in [1.54, 1.807) is 0 Å². The van der Waals surface area contributed by atoms with Crippen LogP contribution in [0.1, 0.15) is 56.9 Å². The topological polar surface area (TPSA) is 98.1 Å². The van der Waals surface area contributed by atoms with E-state index < -0.39 is 0 Å². The van der Waals surface area contributed by atoms with E-state index in [9.17, 15) is 0 Å². The van der Waals surface area contributed by atoms with Crippen LogP contribution in [0.2, 0.25) is 0 Å². The van der Waals surface area contributed by atoms with E-state index in [1.807, 2.05) is 29.1 Å². The van der Waals surface area contributed by atoms with Crippen LogP contribution in [0.15, 0.2) is 42.6 Å². The second-order valence-electron chi connectivity index (χ2n) is 7.64. The molecule has 4 aromatic rings. The fourth-order valence-electron chi connectivity index (χ4n) is 3.65. The number of pyridine rings is 1. The van der Waals surface area contributed by atoms with Gasteiger partial charge in [-0.1, -0.05) is 57.0 Å². The van der Waals surface area contributed by atoms with Crippen molar-refractivity contribution in [2.24, 2.45) is 0 Å². The van der Waals surface area contributed by atoms with Crippen molar-refractivity contribution in [2.45, 2.75) is 58.9 Å².